The second kappa shape index (κ2) is 7.90. The van der Waals surface area contributed by atoms with E-state index in [1.165, 1.54) is 31.5 Å². The molecule has 19 heavy (non-hydrogen) atoms. The van der Waals surface area contributed by atoms with E-state index in [0.717, 1.165) is 42.9 Å². The normalized spacial score (nSPS) is 15.5. The van der Waals surface area contributed by atoms with E-state index in [1.807, 2.05) is 11.8 Å². The topological polar surface area (TPSA) is 42.7 Å². The number of thioether (sulfide) groups is 1. The van der Waals surface area contributed by atoms with Crippen molar-refractivity contribution in [3.63, 3.8) is 0 Å². The molecule has 5 heteroatoms. The standard InChI is InChI=1S/C14H26N4S/c1-12(2)7-8-15-9-11-19-14-17-16-13-6-4-3-5-10-18(13)14/h12,15H,3-11H2,1-2H3. The van der Waals surface area contributed by atoms with Crippen LogP contribution in [0, 0.1) is 5.92 Å². The van der Waals surface area contributed by atoms with Crippen LogP contribution in [0.25, 0.3) is 0 Å². The lowest BCUT2D eigenvalue weighted by molar-refractivity contribution is 0.547. The number of nitrogens with zero attached hydrogens (tertiary/aromatic N) is 3. The summed E-state index contributed by atoms with van der Waals surface area (Å²) in [6.07, 6.45) is 6.21. The first-order valence-corrected chi connectivity index (χ1v) is 8.51. The van der Waals surface area contributed by atoms with Gasteiger partial charge in [0.15, 0.2) is 5.16 Å². The van der Waals surface area contributed by atoms with Gasteiger partial charge in [-0.15, -0.1) is 10.2 Å². The van der Waals surface area contributed by atoms with Crippen LogP contribution < -0.4 is 5.32 Å². The van der Waals surface area contributed by atoms with Crippen LogP contribution in [0.5, 0.6) is 0 Å². The number of rotatable bonds is 7. The molecule has 0 fully saturated rings. The fourth-order valence-corrected chi connectivity index (χ4v) is 3.18. The maximum Gasteiger partial charge on any atom is 0.191 e. The van der Waals surface area contributed by atoms with Gasteiger partial charge in [-0.25, -0.2) is 0 Å². The lowest BCUT2D eigenvalue weighted by Crippen LogP contribution is -2.19. The average molecular weight is 282 g/mol. The van der Waals surface area contributed by atoms with Crippen molar-refractivity contribution in [1.82, 2.24) is 20.1 Å². The molecule has 1 N–H and O–H groups in total. The van der Waals surface area contributed by atoms with Crippen LogP contribution in [0.1, 0.15) is 45.4 Å². The second-order valence-electron chi connectivity index (χ2n) is 5.64. The van der Waals surface area contributed by atoms with E-state index < -0.39 is 0 Å². The lowest BCUT2D eigenvalue weighted by Gasteiger charge is -2.08. The zero-order valence-electron chi connectivity index (χ0n) is 12.2. The summed E-state index contributed by atoms with van der Waals surface area (Å²) in [5.74, 6) is 3.05. The van der Waals surface area contributed by atoms with Gasteiger partial charge in [0.2, 0.25) is 0 Å². The van der Waals surface area contributed by atoms with Gasteiger partial charge in [-0.05, 0) is 31.7 Å². The molecule has 1 aromatic rings. The number of hydrogen-bond donors (Lipinski definition) is 1. The summed E-state index contributed by atoms with van der Waals surface area (Å²) in [7, 11) is 0. The average Bonchev–Trinajstić information content (AvgIpc) is 2.61. The van der Waals surface area contributed by atoms with Crippen LogP contribution in [-0.2, 0) is 13.0 Å². The van der Waals surface area contributed by atoms with Crippen LogP contribution in [0.4, 0.5) is 0 Å². The molecule has 1 aliphatic rings. The van der Waals surface area contributed by atoms with Crippen molar-refractivity contribution in [3.05, 3.63) is 5.82 Å². The minimum Gasteiger partial charge on any atom is -0.316 e. The highest BCUT2D eigenvalue weighted by Gasteiger charge is 2.14. The summed E-state index contributed by atoms with van der Waals surface area (Å²) >= 11 is 1.84. The SMILES string of the molecule is CC(C)CCNCCSc1nnc2n1CCCCC2. The van der Waals surface area contributed by atoms with Crippen molar-refractivity contribution in [2.45, 2.75) is 57.7 Å². The zero-order chi connectivity index (χ0) is 13.5. The van der Waals surface area contributed by atoms with Crippen molar-refractivity contribution in [2.24, 2.45) is 5.92 Å². The van der Waals surface area contributed by atoms with Crippen LogP contribution in [0.15, 0.2) is 5.16 Å². The predicted octanol–water partition coefficient (Wildman–Crippen LogP) is 2.73. The van der Waals surface area contributed by atoms with Crippen molar-refractivity contribution in [2.75, 3.05) is 18.8 Å². The molecule has 4 nitrogen and oxygen atoms in total. The summed E-state index contributed by atoms with van der Waals surface area (Å²) in [4.78, 5) is 0. The van der Waals surface area contributed by atoms with Gasteiger partial charge in [-0.3, -0.25) is 0 Å². The van der Waals surface area contributed by atoms with E-state index in [0.29, 0.717) is 0 Å². The Bertz CT molecular complexity index is 376. The number of fused-ring (bicyclic) bond motifs is 1. The predicted molar refractivity (Wildman–Crippen MR) is 80.6 cm³/mol. The summed E-state index contributed by atoms with van der Waals surface area (Å²) in [6, 6.07) is 0. The molecule has 0 aromatic carbocycles. The highest BCUT2D eigenvalue weighted by molar-refractivity contribution is 7.99. The summed E-state index contributed by atoms with van der Waals surface area (Å²) in [6.45, 7) is 7.81. The summed E-state index contributed by atoms with van der Waals surface area (Å²) < 4.78 is 2.33. The number of aryl methyl sites for hydroxylation is 1. The maximum absolute atomic E-state index is 4.33. The molecule has 0 amide bonds. The molecule has 0 radical (unpaired) electrons. The Balaban J connectivity index is 1.70. The van der Waals surface area contributed by atoms with Crippen LogP contribution in [-0.4, -0.2) is 33.6 Å². The third kappa shape index (κ3) is 4.80. The van der Waals surface area contributed by atoms with Crippen molar-refractivity contribution < 1.29 is 0 Å². The third-order valence-corrected chi connectivity index (χ3v) is 4.45. The van der Waals surface area contributed by atoms with Gasteiger partial charge >= 0.3 is 0 Å². The van der Waals surface area contributed by atoms with Crippen molar-refractivity contribution >= 4 is 11.8 Å². The molecule has 0 spiro atoms. The van der Waals surface area contributed by atoms with Crippen LogP contribution >= 0.6 is 11.8 Å². The van der Waals surface area contributed by atoms with E-state index in [9.17, 15) is 0 Å². The molecule has 0 bridgehead atoms. The van der Waals surface area contributed by atoms with Gasteiger partial charge in [-0.1, -0.05) is 32.0 Å². The fraction of sp³-hybridized carbons (Fsp3) is 0.857. The molecule has 0 unspecified atom stereocenters. The Morgan fingerprint density at radius 3 is 2.95 bits per heavy atom. The van der Waals surface area contributed by atoms with Gasteiger partial charge in [0.25, 0.3) is 0 Å². The number of hydrogen-bond acceptors (Lipinski definition) is 4. The maximum atomic E-state index is 4.33. The first-order chi connectivity index (χ1) is 9.27. The fourth-order valence-electron chi connectivity index (χ4n) is 2.30. The Morgan fingerprint density at radius 1 is 1.21 bits per heavy atom. The molecule has 0 atom stereocenters. The molecule has 1 aliphatic heterocycles. The monoisotopic (exact) mass is 282 g/mol. The Labute approximate surface area is 120 Å². The first-order valence-electron chi connectivity index (χ1n) is 7.53. The smallest absolute Gasteiger partial charge is 0.191 e. The Hall–Kier alpha value is -0.550. The minimum atomic E-state index is 0.785. The number of nitrogens with one attached hydrogen (secondary N) is 1. The van der Waals surface area contributed by atoms with Crippen LogP contribution in [0.2, 0.25) is 0 Å². The van der Waals surface area contributed by atoms with Gasteiger partial charge in [0.05, 0.1) is 0 Å². The number of aromatic nitrogens is 3. The molecular weight excluding hydrogens is 256 g/mol. The van der Waals surface area contributed by atoms with Crippen molar-refractivity contribution in [1.29, 1.82) is 0 Å². The highest BCUT2D eigenvalue weighted by Crippen LogP contribution is 2.21. The van der Waals surface area contributed by atoms with Crippen LogP contribution in [0.3, 0.4) is 0 Å². The largest absolute Gasteiger partial charge is 0.316 e. The molecule has 2 heterocycles. The minimum absolute atomic E-state index is 0.785. The molecule has 108 valence electrons. The lowest BCUT2D eigenvalue weighted by atomic mass is 10.1. The zero-order valence-corrected chi connectivity index (χ0v) is 13.0. The Morgan fingerprint density at radius 2 is 2.11 bits per heavy atom. The van der Waals surface area contributed by atoms with E-state index in [4.69, 9.17) is 0 Å². The van der Waals surface area contributed by atoms with Gasteiger partial charge < -0.3 is 9.88 Å². The van der Waals surface area contributed by atoms with Gasteiger partial charge in [0, 0.05) is 25.3 Å². The molecule has 0 saturated heterocycles. The van der Waals surface area contributed by atoms with E-state index in [-0.39, 0.29) is 0 Å². The molecule has 2 rings (SSSR count). The molecule has 0 aliphatic carbocycles. The van der Waals surface area contributed by atoms with E-state index in [1.54, 1.807) is 0 Å². The third-order valence-electron chi connectivity index (χ3n) is 3.48. The molecular formula is C14H26N4S. The molecule has 0 saturated carbocycles. The Kier molecular flexibility index (Phi) is 6.17. The van der Waals surface area contributed by atoms with E-state index in [2.05, 4.69) is 33.9 Å². The first kappa shape index (κ1) is 14.9. The van der Waals surface area contributed by atoms with Gasteiger partial charge in [-0.2, -0.15) is 0 Å². The summed E-state index contributed by atoms with van der Waals surface area (Å²) in [5.41, 5.74) is 0. The molecule has 1 aromatic heterocycles. The quantitative estimate of drug-likeness (QED) is 0.617. The van der Waals surface area contributed by atoms with Crippen molar-refractivity contribution in [3.8, 4) is 0 Å². The summed E-state index contributed by atoms with van der Waals surface area (Å²) in [5, 5.41) is 13.3. The van der Waals surface area contributed by atoms with E-state index >= 15 is 0 Å². The second-order valence-corrected chi connectivity index (χ2v) is 6.70. The van der Waals surface area contributed by atoms with Gasteiger partial charge in [0.1, 0.15) is 5.82 Å². The highest BCUT2D eigenvalue weighted by atomic mass is 32.2.